The Hall–Kier alpha value is -1.24. The van der Waals surface area contributed by atoms with E-state index in [4.69, 9.17) is 4.74 Å². The lowest BCUT2D eigenvalue weighted by atomic mass is 9.92. The molecule has 0 aliphatic rings. The summed E-state index contributed by atoms with van der Waals surface area (Å²) in [7, 11) is 1.71. The van der Waals surface area contributed by atoms with E-state index in [1.165, 1.54) is 23.1 Å². The highest BCUT2D eigenvalue weighted by Crippen LogP contribution is 2.27. The molecule has 0 amide bonds. The summed E-state index contributed by atoms with van der Waals surface area (Å²) >= 11 is 0. The Balaban J connectivity index is 2.68. The van der Waals surface area contributed by atoms with Crippen molar-refractivity contribution in [1.82, 2.24) is 0 Å². The van der Waals surface area contributed by atoms with Gasteiger partial charge in [-0.2, -0.15) is 0 Å². The molecule has 1 nitrogen and oxygen atoms in total. The fourth-order valence-corrected chi connectivity index (χ4v) is 2.11. The summed E-state index contributed by atoms with van der Waals surface area (Å²) in [4.78, 5) is 0. The summed E-state index contributed by atoms with van der Waals surface area (Å²) in [6.07, 6.45) is 4.68. The molecule has 1 rings (SSSR count). The van der Waals surface area contributed by atoms with Crippen LogP contribution < -0.4 is 4.74 Å². The Bertz CT molecular complexity index is 387. The molecule has 0 saturated carbocycles. The lowest BCUT2D eigenvalue weighted by molar-refractivity contribution is 0.414. The Morgan fingerprint density at radius 2 is 2.06 bits per heavy atom. The monoisotopic (exact) mass is 232 g/mol. The van der Waals surface area contributed by atoms with Crippen LogP contribution in [0.1, 0.15) is 50.7 Å². The molecule has 0 bridgehead atoms. The molecule has 0 N–H and O–H groups in total. The van der Waals surface area contributed by atoms with E-state index in [1.54, 1.807) is 7.11 Å². The molecule has 1 heteroatoms. The molecule has 1 unspecified atom stereocenters. The standard InChI is InChI=1S/C16H24O/c1-12(2)7-6-8-13(3)16-10-9-15(17-5)11-14(16)4/h7,9-11,13H,6,8H2,1-5H3. The molecule has 1 aromatic rings. The zero-order valence-corrected chi connectivity index (χ0v) is 11.7. The molecule has 94 valence electrons. The third kappa shape index (κ3) is 4.26. The van der Waals surface area contributed by atoms with Crippen molar-refractivity contribution in [1.29, 1.82) is 0 Å². The number of ether oxygens (including phenoxy) is 1. The van der Waals surface area contributed by atoms with Crippen LogP contribution in [-0.2, 0) is 0 Å². The molecule has 0 fully saturated rings. The van der Waals surface area contributed by atoms with Gasteiger partial charge >= 0.3 is 0 Å². The number of methoxy groups -OCH3 is 1. The first-order valence-corrected chi connectivity index (χ1v) is 6.32. The number of hydrogen-bond acceptors (Lipinski definition) is 1. The van der Waals surface area contributed by atoms with Gasteiger partial charge in [0.1, 0.15) is 5.75 Å². The number of aryl methyl sites for hydroxylation is 1. The molecule has 0 aliphatic carbocycles. The highest BCUT2D eigenvalue weighted by atomic mass is 16.5. The first kappa shape index (κ1) is 13.8. The average molecular weight is 232 g/mol. The molecule has 0 aliphatic heterocycles. The van der Waals surface area contributed by atoms with E-state index in [1.807, 2.05) is 0 Å². The fourth-order valence-electron chi connectivity index (χ4n) is 2.11. The SMILES string of the molecule is COc1ccc(C(C)CCC=C(C)C)c(C)c1. The second kappa shape index (κ2) is 6.48. The van der Waals surface area contributed by atoms with Crippen LogP contribution >= 0.6 is 0 Å². The van der Waals surface area contributed by atoms with Crippen LogP contribution in [0.15, 0.2) is 29.8 Å². The van der Waals surface area contributed by atoms with Crippen LogP contribution in [0.5, 0.6) is 5.75 Å². The van der Waals surface area contributed by atoms with E-state index in [0.29, 0.717) is 5.92 Å². The first-order valence-electron chi connectivity index (χ1n) is 6.32. The minimum absolute atomic E-state index is 0.608. The minimum Gasteiger partial charge on any atom is -0.497 e. The predicted molar refractivity (Wildman–Crippen MR) is 74.8 cm³/mol. The van der Waals surface area contributed by atoms with E-state index >= 15 is 0 Å². The van der Waals surface area contributed by atoms with Crippen LogP contribution in [0.3, 0.4) is 0 Å². The zero-order chi connectivity index (χ0) is 12.8. The van der Waals surface area contributed by atoms with Gasteiger partial charge in [0.2, 0.25) is 0 Å². The van der Waals surface area contributed by atoms with Gasteiger partial charge in [-0.3, -0.25) is 0 Å². The topological polar surface area (TPSA) is 9.23 Å². The van der Waals surface area contributed by atoms with Crippen molar-refractivity contribution in [2.45, 2.75) is 46.5 Å². The minimum atomic E-state index is 0.608. The second-order valence-electron chi connectivity index (χ2n) is 4.98. The average Bonchev–Trinajstić information content (AvgIpc) is 2.28. The van der Waals surface area contributed by atoms with Gasteiger partial charge in [0.25, 0.3) is 0 Å². The Morgan fingerprint density at radius 3 is 2.59 bits per heavy atom. The van der Waals surface area contributed by atoms with E-state index in [0.717, 1.165) is 12.2 Å². The van der Waals surface area contributed by atoms with E-state index < -0.39 is 0 Å². The van der Waals surface area contributed by atoms with Gasteiger partial charge < -0.3 is 4.74 Å². The van der Waals surface area contributed by atoms with E-state index in [2.05, 4.69) is 52.0 Å². The number of benzene rings is 1. The zero-order valence-electron chi connectivity index (χ0n) is 11.7. The van der Waals surface area contributed by atoms with Gasteiger partial charge in [-0.05, 0) is 62.8 Å². The maximum atomic E-state index is 5.23. The van der Waals surface area contributed by atoms with Crippen molar-refractivity contribution in [3.63, 3.8) is 0 Å². The highest BCUT2D eigenvalue weighted by molar-refractivity contribution is 5.36. The summed E-state index contributed by atoms with van der Waals surface area (Å²) in [6.45, 7) is 8.77. The van der Waals surface area contributed by atoms with Crippen LogP contribution in [-0.4, -0.2) is 7.11 Å². The van der Waals surface area contributed by atoms with Gasteiger partial charge in [-0.1, -0.05) is 24.6 Å². The molecule has 17 heavy (non-hydrogen) atoms. The van der Waals surface area contributed by atoms with Gasteiger partial charge in [0.15, 0.2) is 0 Å². The molecule has 0 radical (unpaired) electrons. The molecule has 0 saturated heterocycles. The van der Waals surface area contributed by atoms with Crippen molar-refractivity contribution in [3.8, 4) is 5.75 Å². The lowest BCUT2D eigenvalue weighted by Crippen LogP contribution is -1.97. The first-order chi connectivity index (χ1) is 8.04. The third-order valence-corrected chi connectivity index (χ3v) is 3.16. The third-order valence-electron chi connectivity index (χ3n) is 3.16. The molecule has 0 heterocycles. The summed E-state index contributed by atoms with van der Waals surface area (Å²) in [5.74, 6) is 1.55. The fraction of sp³-hybridized carbons (Fsp3) is 0.500. The number of rotatable bonds is 5. The molecular weight excluding hydrogens is 208 g/mol. The second-order valence-corrected chi connectivity index (χ2v) is 4.98. The predicted octanol–water partition coefficient (Wildman–Crippen LogP) is 4.85. The maximum Gasteiger partial charge on any atom is 0.119 e. The van der Waals surface area contributed by atoms with Gasteiger partial charge in [-0.15, -0.1) is 0 Å². The summed E-state index contributed by atoms with van der Waals surface area (Å²) in [5.41, 5.74) is 4.17. The molecule has 1 atom stereocenters. The van der Waals surface area contributed by atoms with Crippen LogP contribution in [0.4, 0.5) is 0 Å². The van der Waals surface area contributed by atoms with Crippen LogP contribution in [0.25, 0.3) is 0 Å². The Morgan fingerprint density at radius 1 is 1.35 bits per heavy atom. The number of hydrogen-bond donors (Lipinski definition) is 0. The van der Waals surface area contributed by atoms with Crippen LogP contribution in [0, 0.1) is 6.92 Å². The van der Waals surface area contributed by atoms with Gasteiger partial charge in [0.05, 0.1) is 7.11 Å². The van der Waals surface area contributed by atoms with Gasteiger partial charge in [0, 0.05) is 0 Å². The quantitative estimate of drug-likeness (QED) is 0.659. The highest BCUT2D eigenvalue weighted by Gasteiger charge is 2.08. The van der Waals surface area contributed by atoms with Gasteiger partial charge in [-0.25, -0.2) is 0 Å². The van der Waals surface area contributed by atoms with Crippen molar-refractivity contribution in [3.05, 3.63) is 41.0 Å². The van der Waals surface area contributed by atoms with Crippen molar-refractivity contribution in [2.75, 3.05) is 7.11 Å². The van der Waals surface area contributed by atoms with E-state index in [9.17, 15) is 0 Å². The Kier molecular flexibility index (Phi) is 5.27. The molecule has 0 aromatic heterocycles. The smallest absolute Gasteiger partial charge is 0.119 e. The maximum absolute atomic E-state index is 5.23. The van der Waals surface area contributed by atoms with Crippen molar-refractivity contribution in [2.24, 2.45) is 0 Å². The summed E-state index contributed by atoms with van der Waals surface area (Å²) < 4.78 is 5.23. The van der Waals surface area contributed by atoms with Crippen LogP contribution in [0.2, 0.25) is 0 Å². The molecule has 1 aromatic carbocycles. The lowest BCUT2D eigenvalue weighted by Gasteiger charge is -2.14. The normalized spacial score (nSPS) is 12.1. The van der Waals surface area contributed by atoms with Crippen molar-refractivity contribution < 1.29 is 4.74 Å². The largest absolute Gasteiger partial charge is 0.497 e. The summed E-state index contributed by atoms with van der Waals surface area (Å²) in [5, 5.41) is 0. The number of allylic oxidation sites excluding steroid dienone is 2. The molecule has 0 spiro atoms. The summed E-state index contributed by atoms with van der Waals surface area (Å²) in [6, 6.07) is 6.37. The molecular formula is C16H24O. The Labute approximate surface area is 106 Å². The van der Waals surface area contributed by atoms with E-state index in [-0.39, 0.29) is 0 Å². The van der Waals surface area contributed by atoms with Crippen molar-refractivity contribution >= 4 is 0 Å².